The maximum absolute atomic E-state index is 15.2. The first-order valence-corrected chi connectivity index (χ1v) is 12.4. The van der Waals surface area contributed by atoms with Crippen molar-refractivity contribution in [1.29, 1.82) is 0 Å². The zero-order valence-electron chi connectivity index (χ0n) is 19.8. The molecule has 4 heterocycles. The molecule has 0 atom stereocenters. The predicted molar refractivity (Wildman–Crippen MR) is 131 cm³/mol. The first-order chi connectivity index (χ1) is 17.8. The van der Waals surface area contributed by atoms with E-state index in [4.69, 9.17) is 0 Å². The Morgan fingerprint density at radius 1 is 1.05 bits per heavy atom. The summed E-state index contributed by atoms with van der Waals surface area (Å²) < 4.78 is 45.4. The number of halogens is 3. The molecule has 37 heavy (non-hydrogen) atoms. The second-order valence-electron chi connectivity index (χ2n) is 10.2. The Morgan fingerprint density at radius 3 is 2.68 bits per heavy atom. The van der Waals surface area contributed by atoms with Crippen LogP contribution in [0.25, 0.3) is 16.7 Å². The molecular formula is C26H24F3N7O. The summed E-state index contributed by atoms with van der Waals surface area (Å²) in [6, 6.07) is 9.17. The predicted octanol–water partition coefficient (Wildman–Crippen LogP) is 4.30. The van der Waals surface area contributed by atoms with Crippen molar-refractivity contribution in [3.05, 3.63) is 69.9 Å². The number of nitrogens with zero attached hydrogens (tertiary/aromatic N) is 5. The fourth-order valence-corrected chi connectivity index (χ4v) is 5.39. The van der Waals surface area contributed by atoms with E-state index >= 15 is 4.39 Å². The summed E-state index contributed by atoms with van der Waals surface area (Å²) in [6.45, 7) is 1.76. The van der Waals surface area contributed by atoms with Gasteiger partial charge in [-0.3, -0.25) is 9.78 Å². The molecule has 11 heteroatoms. The van der Waals surface area contributed by atoms with E-state index in [1.165, 1.54) is 29.6 Å². The molecule has 2 aliphatic carbocycles. The van der Waals surface area contributed by atoms with Gasteiger partial charge in [0.2, 0.25) is 5.95 Å². The molecule has 1 aromatic carbocycles. The van der Waals surface area contributed by atoms with Gasteiger partial charge in [0.15, 0.2) is 11.3 Å². The van der Waals surface area contributed by atoms with Crippen LogP contribution in [0.4, 0.5) is 24.8 Å². The number of nitrogens with one attached hydrogen (secondary N) is 2. The summed E-state index contributed by atoms with van der Waals surface area (Å²) in [6.07, 6.45) is 3.68. The van der Waals surface area contributed by atoms with Gasteiger partial charge < -0.3 is 10.6 Å². The number of aromatic nitrogens is 5. The van der Waals surface area contributed by atoms with Crippen LogP contribution in [0.2, 0.25) is 0 Å². The highest BCUT2D eigenvalue weighted by molar-refractivity contribution is 5.77. The number of hydrogen-bond acceptors (Lipinski definition) is 6. The van der Waals surface area contributed by atoms with Crippen molar-refractivity contribution >= 4 is 22.7 Å². The zero-order valence-corrected chi connectivity index (χ0v) is 19.8. The van der Waals surface area contributed by atoms with E-state index < -0.39 is 24.4 Å². The highest BCUT2D eigenvalue weighted by atomic mass is 19.3. The fourth-order valence-electron chi connectivity index (χ4n) is 5.39. The second kappa shape index (κ2) is 7.88. The number of pyridine rings is 1. The molecule has 7 rings (SSSR count). The number of fused-ring (bicyclic) bond motifs is 2. The van der Waals surface area contributed by atoms with E-state index in [0.717, 1.165) is 38.0 Å². The van der Waals surface area contributed by atoms with Gasteiger partial charge in [0.25, 0.3) is 11.5 Å². The molecule has 0 spiro atoms. The molecule has 2 N–H and O–H groups in total. The molecular weight excluding hydrogens is 483 g/mol. The Kier molecular flexibility index (Phi) is 4.79. The third-order valence-electron chi connectivity index (χ3n) is 7.39. The molecule has 4 aromatic rings. The highest BCUT2D eigenvalue weighted by Crippen LogP contribution is 2.54. The van der Waals surface area contributed by atoms with Crippen molar-refractivity contribution < 1.29 is 13.2 Å². The van der Waals surface area contributed by atoms with E-state index in [-0.39, 0.29) is 17.3 Å². The van der Waals surface area contributed by atoms with Crippen molar-refractivity contribution in [3.63, 3.8) is 0 Å². The maximum Gasteiger partial charge on any atom is 0.278 e. The number of hydrogen-bond donors (Lipinski definition) is 2. The summed E-state index contributed by atoms with van der Waals surface area (Å²) in [5.74, 6) is -2.72. The van der Waals surface area contributed by atoms with E-state index in [0.29, 0.717) is 22.7 Å². The molecule has 3 aliphatic rings. The molecule has 3 aromatic heterocycles. The van der Waals surface area contributed by atoms with Crippen molar-refractivity contribution in [1.82, 2.24) is 29.6 Å². The lowest BCUT2D eigenvalue weighted by atomic mass is 9.76. The van der Waals surface area contributed by atoms with Gasteiger partial charge in [-0.2, -0.15) is 4.98 Å². The molecule has 8 nitrogen and oxygen atoms in total. The van der Waals surface area contributed by atoms with E-state index in [9.17, 15) is 13.6 Å². The zero-order chi connectivity index (χ0) is 25.4. The van der Waals surface area contributed by atoms with Crippen LogP contribution in [0.15, 0.2) is 47.5 Å². The van der Waals surface area contributed by atoms with Gasteiger partial charge in [-0.15, -0.1) is 0 Å². The van der Waals surface area contributed by atoms with Crippen molar-refractivity contribution in [2.45, 2.75) is 56.3 Å². The number of anilines is 2. The Labute approximate surface area is 209 Å². The molecule has 190 valence electrons. The molecule has 1 aliphatic heterocycles. The minimum atomic E-state index is -3.04. The van der Waals surface area contributed by atoms with Crippen LogP contribution in [0.5, 0.6) is 0 Å². The molecule has 0 radical (unpaired) electrons. The topological polar surface area (TPSA) is 89.7 Å². The van der Waals surface area contributed by atoms with Crippen LogP contribution in [-0.2, 0) is 18.6 Å². The maximum atomic E-state index is 15.2. The van der Waals surface area contributed by atoms with Gasteiger partial charge in [0.05, 0.1) is 30.3 Å². The van der Waals surface area contributed by atoms with E-state index in [1.807, 2.05) is 6.07 Å². The first kappa shape index (κ1) is 22.5. The molecule has 2 saturated carbocycles. The second-order valence-corrected chi connectivity index (χ2v) is 10.2. The average molecular weight is 508 g/mol. The highest BCUT2D eigenvalue weighted by Gasteiger charge is 2.59. The summed E-state index contributed by atoms with van der Waals surface area (Å²) >= 11 is 0. The van der Waals surface area contributed by atoms with Crippen molar-refractivity contribution in [2.75, 3.05) is 11.9 Å². The fraction of sp³-hybridized carbons (Fsp3) is 0.385. The summed E-state index contributed by atoms with van der Waals surface area (Å²) in [4.78, 5) is 26.4. The molecule has 0 amide bonds. The van der Waals surface area contributed by atoms with Crippen LogP contribution in [0.1, 0.15) is 48.5 Å². The third-order valence-corrected chi connectivity index (χ3v) is 7.39. The normalized spacial score (nSPS) is 19.9. The summed E-state index contributed by atoms with van der Waals surface area (Å²) in [7, 11) is 0. The SMILES string of the molecule is O=c1c2cnc(Nc3ccc4c(c3)CCNC4)nc2n(-c2ccnc(C3(F)CC(F)(F)C3)c2)n1C1CC1. The van der Waals surface area contributed by atoms with Crippen LogP contribution in [0.3, 0.4) is 0 Å². The summed E-state index contributed by atoms with van der Waals surface area (Å²) in [5, 5.41) is 6.92. The Morgan fingerprint density at radius 2 is 1.89 bits per heavy atom. The van der Waals surface area contributed by atoms with E-state index in [2.05, 4.69) is 37.7 Å². The number of alkyl halides is 3. The van der Waals surface area contributed by atoms with Gasteiger partial charge in [0, 0.05) is 24.6 Å². The minimum absolute atomic E-state index is 0.0173. The van der Waals surface area contributed by atoms with Crippen LogP contribution in [0, 0.1) is 0 Å². The van der Waals surface area contributed by atoms with Gasteiger partial charge in [-0.05, 0) is 61.2 Å². The summed E-state index contributed by atoms with van der Waals surface area (Å²) in [5.41, 5.74) is 1.66. The van der Waals surface area contributed by atoms with Gasteiger partial charge in [-0.25, -0.2) is 27.5 Å². The Balaban J connectivity index is 1.31. The smallest absolute Gasteiger partial charge is 0.278 e. The van der Waals surface area contributed by atoms with E-state index in [1.54, 1.807) is 15.4 Å². The van der Waals surface area contributed by atoms with Gasteiger partial charge >= 0.3 is 0 Å². The Bertz CT molecular complexity index is 1600. The van der Waals surface area contributed by atoms with Crippen LogP contribution < -0.4 is 16.2 Å². The quantitative estimate of drug-likeness (QED) is 0.419. The molecule has 0 bridgehead atoms. The van der Waals surface area contributed by atoms with Crippen LogP contribution in [-0.4, -0.2) is 36.8 Å². The van der Waals surface area contributed by atoms with Gasteiger partial charge in [0.1, 0.15) is 5.39 Å². The number of rotatable bonds is 5. The minimum Gasteiger partial charge on any atom is -0.324 e. The first-order valence-electron chi connectivity index (χ1n) is 12.4. The average Bonchev–Trinajstić information content (AvgIpc) is 3.66. The lowest BCUT2D eigenvalue weighted by molar-refractivity contribution is -0.176. The standard InChI is InChI=1S/C26H24F3N7O/c27-25(13-26(28,29)14-25)21-10-19(6-8-31-21)35-22-20(23(37)36(35)18-3-4-18)12-32-24(34-22)33-17-2-1-16-11-30-7-5-15(16)9-17/h1-2,6,8-10,12,18,30H,3-5,7,11,13-14H2,(H,32,33,34). The third kappa shape index (κ3) is 3.79. The van der Waals surface area contributed by atoms with Crippen LogP contribution >= 0.6 is 0 Å². The van der Waals surface area contributed by atoms with Crippen molar-refractivity contribution in [3.8, 4) is 5.69 Å². The molecule has 0 unspecified atom stereocenters. The lowest BCUT2D eigenvalue weighted by Crippen LogP contribution is -2.46. The lowest BCUT2D eigenvalue weighted by Gasteiger charge is -2.40. The van der Waals surface area contributed by atoms with Gasteiger partial charge in [-0.1, -0.05) is 6.07 Å². The Hall–Kier alpha value is -3.73. The largest absolute Gasteiger partial charge is 0.324 e. The number of benzene rings is 1. The van der Waals surface area contributed by atoms with Crippen molar-refractivity contribution in [2.24, 2.45) is 0 Å². The molecule has 0 saturated heterocycles. The molecule has 2 fully saturated rings. The monoisotopic (exact) mass is 507 g/mol.